The molecule has 0 saturated heterocycles. The van der Waals surface area contributed by atoms with Gasteiger partial charge < -0.3 is 16.2 Å². The van der Waals surface area contributed by atoms with Crippen LogP contribution in [0.1, 0.15) is 27.0 Å². The molecule has 0 aliphatic carbocycles. The molecule has 2 rings (SSSR count). The summed E-state index contributed by atoms with van der Waals surface area (Å²) in [7, 11) is 0. The number of nitrogens with one attached hydrogen (secondary N) is 1. The van der Waals surface area contributed by atoms with Gasteiger partial charge in [-0.1, -0.05) is 30.3 Å². The molecule has 0 spiro atoms. The van der Waals surface area contributed by atoms with Gasteiger partial charge in [-0.15, -0.1) is 0 Å². The molecule has 0 aromatic heterocycles. The van der Waals surface area contributed by atoms with Gasteiger partial charge in [0.15, 0.2) is 0 Å². The van der Waals surface area contributed by atoms with E-state index in [1.165, 1.54) is 6.07 Å². The summed E-state index contributed by atoms with van der Waals surface area (Å²) in [6, 6.07) is 11.7. The molecule has 0 bridgehead atoms. The Morgan fingerprint density at radius 3 is 2.33 bits per heavy atom. The number of hydrogen-bond acceptors (Lipinski definition) is 3. The van der Waals surface area contributed by atoms with Gasteiger partial charge in [0.1, 0.15) is 5.82 Å². The molecule has 0 heterocycles. The molecule has 0 aliphatic heterocycles. The molecule has 0 radical (unpaired) electrons. The van der Waals surface area contributed by atoms with E-state index in [9.17, 15) is 9.18 Å². The molecule has 0 unspecified atom stereocenters. The second-order valence-corrected chi connectivity index (χ2v) is 4.75. The van der Waals surface area contributed by atoms with E-state index < -0.39 is 11.7 Å². The molecule has 4 nitrogen and oxygen atoms in total. The van der Waals surface area contributed by atoms with Gasteiger partial charge in [0.2, 0.25) is 5.91 Å². The van der Waals surface area contributed by atoms with Gasteiger partial charge >= 0.3 is 0 Å². The van der Waals surface area contributed by atoms with E-state index in [1.807, 2.05) is 24.3 Å². The first kappa shape index (κ1) is 15.2. The molecule has 0 atom stereocenters. The molecule has 2 aromatic rings. The van der Waals surface area contributed by atoms with E-state index in [4.69, 9.17) is 10.8 Å². The van der Waals surface area contributed by atoms with Gasteiger partial charge in [-0.25, -0.2) is 4.39 Å². The van der Waals surface area contributed by atoms with Gasteiger partial charge in [0.25, 0.3) is 0 Å². The zero-order chi connectivity index (χ0) is 15.2. The van der Waals surface area contributed by atoms with Crippen LogP contribution in [0, 0.1) is 5.82 Å². The normalized spacial score (nSPS) is 10.6. The zero-order valence-corrected chi connectivity index (χ0v) is 11.5. The van der Waals surface area contributed by atoms with Crippen LogP contribution in [0.15, 0.2) is 42.5 Å². The van der Waals surface area contributed by atoms with Crippen molar-refractivity contribution in [3.05, 3.63) is 70.5 Å². The Hall–Kier alpha value is -2.24. The lowest BCUT2D eigenvalue weighted by molar-refractivity contribution is 0.1000. The third-order valence-electron chi connectivity index (χ3n) is 3.19. The topological polar surface area (TPSA) is 75.4 Å². The van der Waals surface area contributed by atoms with Crippen LogP contribution < -0.4 is 11.1 Å². The fourth-order valence-electron chi connectivity index (χ4n) is 1.95. The molecular weight excluding hydrogens is 271 g/mol. The summed E-state index contributed by atoms with van der Waals surface area (Å²) in [5.41, 5.74) is 7.63. The average Bonchev–Trinajstić information content (AvgIpc) is 2.49. The van der Waals surface area contributed by atoms with Crippen LogP contribution in [0.5, 0.6) is 0 Å². The lowest BCUT2D eigenvalue weighted by Crippen LogP contribution is -2.15. The molecule has 0 fully saturated rings. The number of amides is 1. The number of aliphatic hydroxyl groups is 1. The Balaban J connectivity index is 1.92. The quantitative estimate of drug-likeness (QED) is 0.757. The van der Waals surface area contributed by atoms with Gasteiger partial charge in [-0.3, -0.25) is 4.79 Å². The van der Waals surface area contributed by atoms with Gasteiger partial charge in [-0.05, 0) is 23.3 Å². The maximum atomic E-state index is 13.8. The van der Waals surface area contributed by atoms with Crippen LogP contribution in [-0.4, -0.2) is 11.0 Å². The summed E-state index contributed by atoms with van der Waals surface area (Å²) in [5, 5.41) is 12.1. The number of halogens is 1. The highest BCUT2D eigenvalue weighted by molar-refractivity contribution is 5.92. The largest absolute Gasteiger partial charge is 0.392 e. The molecule has 1 amide bonds. The number of carbonyl (C=O) groups excluding carboxylic acids is 1. The number of hydrogen-bond donors (Lipinski definition) is 3. The second-order valence-electron chi connectivity index (χ2n) is 4.75. The SMILES string of the molecule is NC(=O)c1ccc(CNCc2ccc(CO)cc2)c(F)c1. The number of benzene rings is 2. The van der Waals surface area contributed by atoms with Crippen molar-refractivity contribution >= 4 is 5.91 Å². The van der Waals surface area contributed by atoms with Crippen molar-refractivity contribution in [2.75, 3.05) is 0 Å². The monoisotopic (exact) mass is 288 g/mol. The molecule has 0 saturated carbocycles. The number of primary amides is 1. The first-order chi connectivity index (χ1) is 10.1. The van der Waals surface area contributed by atoms with Gasteiger partial charge in [-0.2, -0.15) is 0 Å². The predicted octanol–water partition coefficient (Wildman–Crippen LogP) is 1.71. The lowest BCUT2D eigenvalue weighted by Gasteiger charge is -2.07. The predicted molar refractivity (Wildman–Crippen MR) is 77.8 cm³/mol. The Labute approximate surface area is 122 Å². The highest BCUT2D eigenvalue weighted by Gasteiger charge is 2.06. The third-order valence-corrected chi connectivity index (χ3v) is 3.19. The minimum Gasteiger partial charge on any atom is -0.392 e. The standard InChI is InChI=1S/C16H17FN2O2/c17-15-7-13(16(18)21)5-6-14(15)9-19-8-11-1-3-12(10-20)4-2-11/h1-7,19-20H,8-10H2,(H2,18,21). The summed E-state index contributed by atoms with van der Waals surface area (Å²) < 4.78 is 13.8. The summed E-state index contributed by atoms with van der Waals surface area (Å²) in [5.74, 6) is -1.09. The first-order valence-corrected chi connectivity index (χ1v) is 6.58. The maximum Gasteiger partial charge on any atom is 0.248 e. The smallest absolute Gasteiger partial charge is 0.248 e. The number of rotatable bonds is 6. The highest BCUT2D eigenvalue weighted by atomic mass is 19.1. The minimum atomic E-state index is -0.641. The van der Waals surface area contributed by atoms with Crippen LogP contribution in [0.3, 0.4) is 0 Å². The second kappa shape index (κ2) is 6.97. The fraction of sp³-hybridized carbons (Fsp3) is 0.188. The van der Waals surface area contributed by atoms with Gasteiger partial charge in [0, 0.05) is 24.2 Å². The van der Waals surface area contributed by atoms with Crippen molar-refractivity contribution < 1.29 is 14.3 Å². The highest BCUT2D eigenvalue weighted by Crippen LogP contribution is 2.11. The van der Waals surface area contributed by atoms with Crippen LogP contribution >= 0.6 is 0 Å². The number of aliphatic hydroxyl groups excluding tert-OH is 1. The summed E-state index contributed by atoms with van der Waals surface area (Å²) in [6.07, 6.45) is 0. The summed E-state index contributed by atoms with van der Waals surface area (Å²) in [6.45, 7) is 0.959. The molecule has 0 aliphatic rings. The van der Waals surface area contributed by atoms with Crippen molar-refractivity contribution in [1.29, 1.82) is 0 Å². The van der Waals surface area contributed by atoms with Crippen LogP contribution in [0.4, 0.5) is 4.39 Å². The minimum absolute atomic E-state index is 0.0190. The molecule has 4 N–H and O–H groups in total. The van der Waals surface area contributed by atoms with Crippen LogP contribution in [0.2, 0.25) is 0 Å². The summed E-state index contributed by atoms with van der Waals surface area (Å²) in [4.78, 5) is 10.9. The van der Waals surface area contributed by atoms with Crippen molar-refractivity contribution in [2.24, 2.45) is 5.73 Å². The Kier molecular flexibility index (Phi) is 5.03. The average molecular weight is 288 g/mol. The Bertz CT molecular complexity index is 627. The van der Waals surface area contributed by atoms with E-state index >= 15 is 0 Å². The van der Waals surface area contributed by atoms with E-state index in [0.29, 0.717) is 18.7 Å². The fourth-order valence-corrected chi connectivity index (χ4v) is 1.95. The van der Waals surface area contributed by atoms with Crippen LogP contribution in [-0.2, 0) is 19.7 Å². The molecular formula is C16H17FN2O2. The van der Waals surface area contributed by atoms with Crippen molar-refractivity contribution in [3.63, 3.8) is 0 Å². The zero-order valence-electron chi connectivity index (χ0n) is 11.5. The molecule has 21 heavy (non-hydrogen) atoms. The number of carbonyl (C=O) groups is 1. The van der Waals surface area contributed by atoms with E-state index in [-0.39, 0.29) is 12.2 Å². The summed E-state index contributed by atoms with van der Waals surface area (Å²) >= 11 is 0. The molecule has 5 heteroatoms. The van der Waals surface area contributed by atoms with E-state index in [0.717, 1.165) is 17.2 Å². The van der Waals surface area contributed by atoms with Crippen LogP contribution in [0.25, 0.3) is 0 Å². The third kappa shape index (κ3) is 4.11. The molecule has 110 valence electrons. The first-order valence-electron chi connectivity index (χ1n) is 6.58. The van der Waals surface area contributed by atoms with E-state index in [2.05, 4.69) is 5.32 Å². The van der Waals surface area contributed by atoms with E-state index in [1.54, 1.807) is 6.07 Å². The van der Waals surface area contributed by atoms with Crippen molar-refractivity contribution in [2.45, 2.75) is 19.7 Å². The van der Waals surface area contributed by atoms with Crippen molar-refractivity contribution in [1.82, 2.24) is 5.32 Å². The molecule has 2 aromatic carbocycles. The maximum absolute atomic E-state index is 13.8. The van der Waals surface area contributed by atoms with Crippen molar-refractivity contribution in [3.8, 4) is 0 Å². The van der Waals surface area contributed by atoms with Gasteiger partial charge in [0.05, 0.1) is 6.61 Å². The number of nitrogens with two attached hydrogens (primary N) is 1. The Morgan fingerprint density at radius 2 is 1.76 bits per heavy atom. The Morgan fingerprint density at radius 1 is 1.10 bits per heavy atom. The lowest BCUT2D eigenvalue weighted by atomic mass is 10.1.